The van der Waals surface area contributed by atoms with Crippen molar-refractivity contribution in [2.45, 2.75) is 18.4 Å². The van der Waals surface area contributed by atoms with Crippen molar-refractivity contribution < 1.29 is 9.59 Å². The Morgan fingerprint density at radius 2 is 2.13 bits per heavy atom. The van der Waals surface area contributed by atoms with Crippen molar-refractivity contribution in [3.05, 3.63) is 11.1 Å². The monoisotopic (exact) mass is 334 g/mol. The van der Waals surface area contributed by atoms with Gasteiger partial charge in [0.1, 0.15) is 12.1 Å². The molecule has 0 radical (unpaired) electrons. The molecule has 122 valence electrons. The third-order valence-corrected chi connectivity index (χ3v) is 5.34. The maximum atomic E-state index is 12.8. The van der Waals surface area contributed by atoms with E-state index in [2.05, 4.69) is 20.6 Å². The minimum atomic E-state index is -0.591. The van der Waals surface area contributed by atoms with Crippen molar-refractivity contribution in [2.75, 3.05) is 39.8 Å². The molecule has 0 atom stereocenters. The number of nitrogens with zero attached hydrogens (tertiary/aromatic N) is 6. The molecule has 0 aliphatic carbocycles. The first-order valence-corrected chi connectivity index (χ1v) is 8.36. The number of carbonyl (C=O) groups excluding carboxylic acids is 2. The van der Waals surface area contributed by atoms with E-state index >= 15 is 0 Å². The summed E-state index contributed by atoms with van der Waals surface area (Å²) in [5, 5.41) is 14.3. The topological polar surface area (TPSA) is 93.4 Å². The van der Waals surface area contributed by atoms with Crippen molar-refractivity contribution >= 4 is 23.3 Å². The molecule has 8 nitrogen and oxygen atoms in total. The first-order valence-electron chi connectivity index (χ1n) is 7.52. The average molecular weight is 334 g/mol. The number of nitriles is 1. The van der Waals surface area contributed by atoms with Gasteiger partial charge in [0.2, 0.25) is 5.91 Å². The van der Waals surface area contributed by atoms with Crippen LogP contribution in [0.25, 0.3) is 0 Å². The first-order chi connectivity index (χ1) is 11.1. The largest absolute Gasteiger partial charge is 0.337 e. The van der Waals surface area contributed by atoms with Gasteiger partial charge in [-0.25, -0.2) is 0 Å². The summed E-state index contributed by atoms with van der Waals surface area (Å²) in [6.07, 6.45) is 1.15. The molecule has 0 aromatic carbocycles. The molecule has 0 bridgehead atoms. The molecule has 0 N–H and O–H groups in total. The molecule has 0 unspecified atom stereocenters. The lowest BCUT2D eigenvalue weighted by Crippen LogP contribution is -2.68. The number of hydrogen-bond donors (Lipinski definition) is 0. The minimum absolute atomic E-state index is 0.00947. The molecule has 2 fully saturated rings. The van der Waals surface area contributed by atoms with Crippen LogP contribution in [0, 0.1) is 11.3 Å². The van der Waals surface area contributed by atoms with E-state index in [1.54, 1.807) is 15.2 Å². The molecule has 2 saturated heterocycles. The highest BCUT2D eigenvalue weighted by Crippen LogP contribution is 2.33. The van der Waals surface area contributed by atoms with Gasteiger partial charge in [-0.15, -0.1) is 5.10 Å². The Bertz CT molecular complexity index is 632. The smallest absolute Gasteiger partial charge is 0.275 e. The molecular weight excluding hydrogens is 316 g/mol. The third-order valence-electron chi connectivity index (χ3n) is 4.84. The first kappa shape index (κ1) is 15.8. The number of piperidine rings is 1. The molecule has 1 aromatic heterocycles. The molecule has 2 aliphatic rings. The summed E-state index contributed by atoms with van der Waals surface area (Å²) < 4.78 is 3.72. The van der Waals surface area contributed by atoms with Crippen LogP contribution in [0.15, 0.2) is 5.38 Å². The van der Waals surface area contributed by atoms with Gasteiger partial charge in [-0.05, 0) is 31.4 Å². The van der Waals surface area contributed by atoms with Gasteiger partial charge >= 0.3 is 0 Å². The molecule has 3 heterocycles. The molecule has 23 heavy (non-hydrogen) atoms. The fourth-order valence-corrected chi connectivity index (χ4v) is 3.81. The van der Waals surface area contributed by atoms with E-state index in [9.17, 15) is 9.59 Å². The van der Waals surface area contributed by atoms with Crippen LogP contribution < -0.4 is 0 Å². The second-order valence-corrected chi connectivity index (χ2v) is 6.53. The Labute approximate surface area is 138 Å². The van der Waals surface area contributed by atoms with E-state index in [0.29, 0.717) is 38.2 Å². The minimum Gasteiger partial charge on any atom is -0.337 e. The Hall–Kier alpha value is -2.05. The Morgan fingerprint density at radius 1 is 1.39 bits per heavy atom. The Morgan fingerprint density at radius 3 is 2.74 bits per heavy atom. The summed E-state index contributed by atoms with van der Waals surface area (Å²) in [6, 6.07) is 2.06. The molecular formula is C14H18N6O2S. The van der Waals surface area contributed by atoms with E-state index in [-0.39, 0.29) is 18.4 Å². The van der Waals surface area contributed by atoms with Crippen molar-refractivity contribution in [3.8, 4) is 6.07 Å². The lowest BCUT2D eigenvalue weighted by Gasteiger charge is -2.51. The van der Waals surface area contributed by atoms with E-state index in [0.717, 1.165) is 18.1 Å². The van der Waals surface area contributed by atoms with Gasteiger partial charge < -0.3 is 9.80 Å². The van der Waals surface area contributed by atoms with Crippen LogP contribution in [0.3, 0.4) is 0 Å². The van der Waals surface area contributed by atoms with Gasteiger partial charge in [-0.3, -0.25) is 14.5 Å². The van der Waals surface area contributed by atoms with E-state index in [4.69, 9.17) is 5.26 Å². The average Bonchev–Trinajstić information content (AvgIpc) is 3.10. The van der Waals surface area contributed by atoms with Crippen LogP contribution in [0.5, 0.6) is 0 Å². The van der Waals surface area contributed by atoms with Crippen LogP contribution in [-0.2, 0) is 4.79 Å². The summed E-state index contributed by atoms with van der Waals surface area (Å²) in [5.74, 6) is -0.122. The maximum absolute atomic E-state index is 12.8. The number of aromatic nitrogens is 2. The van der Waals surface area contributed by atoms with Crippen LogP contribution in [0.1, 0.15) is 23.3 Å². The van der Waals surface area contributed by atoms with Crippen LogP contribution in [0.4, 0.5) is 0 Å². The molecule has 1 aromatic rings. The van der Waals surface area contributed by atoms with Gasteiger partial charge in [-0.1, -0.05) is 4.49 Å². The van der Waals surface area contributed by atoms with E-state index in [1.165, 1.54) is 0 Å². The quantitative estimate of drug-likeness (QED) is 0.696. The number of hydrogen-bond acceptors (Lipinski definition) is 7. The lowest BCUT2D eigenvalue weighted by molar-refractivity contribution is -0.152. The third kappa shape index (κ3) is 2.68. The molecule has 2 amide bonds. The van der Waals surface area contributed by atoms with Crippen LogP contribution in [-0.4, -0.2) is 81.4 Å². The van der Waals surface area contributed by atoms with Gasteiger partial charge in [0.05, 0.1) is 6.07 Å². The van der Waals surface area contributed by atoms with Crippen LogP contribution >= 0.6 is 11.5 Å². The highest BCUT2D eigenvalue weighted by molar-refractivity contribution is 7.03. The summed E-state index contributed by atoms with van der Waals surface area (Å²) >= 11 is 1.15. The molecule has 0 saturated carbocycles. The number of likely N-dealkylation sites (N-methyl/N-ethyl adjacent to an activating group) is 1. The molecule has 3 rings (SSSR count). The van der Waals surface area contributed by atoms with Crippen LogP contribution in [0.2, 0.25) is 0 Å². The number of amides is 2. The predicted molar refractivity (Wildman–Crippen MR) is 82.6 cm³/mol. The van der Waals surface area contributed by atoms with Crippen molar-refractivity contribution in [1.82, 2.24) is 24.3 Å². The van der Waals surface area contributed by atoms with Gasteiger partial charge in [0.25, 0.3) is 5.91 Å². The Kier molecular flexibility index (Phi) is 4.28. The van der Waals surface area contributed by atoms with Crippen molar-refractivity contribution in [1.29, 1.82) is 5.26 Å². The van der Waals surface area contributed by atoms with E-state index < -0.39 is 5.54 Å². The highest BCUT2D eigenvalue weighted by atomic mass is 32.1. The van der Waals surface area contributed by atoms with Gasteiger partial charge in [0, 0.05) is 31.6 Å². The standard InChI is InChI=1S/C14H18N6O2S/c1-18-8-9-20(7-4-15)13(22)14(18)2-5-19(6-3-14)12(21)11-10-23-17-16-11/h10H,2-3,5-9H2,1H3. The fourth-order valence-electron chi connectivity index (χ4n) is 3.38. The molecule has 9 heteroatoms. The SMILES string of the molecule is CN1CCN(CC#N)C(=O)C12CCN(C(=O)c1csnn1)CC2. The summed E-state index contributed by atoms with van der Waals surface area (Å²) in [4.78, 5) is 30.6. The summed E-state index contributed by atoms with van der Waals surface area (Å²) in [7, 11) is 1.95. The molecule has 2 aliphatic heterocycles. The second-order valence-electron chi connectivity index (χ2n) is 5.92. The number of carbonyl (C=O) groups is 2. The van der Waals surface area contributed by atoms with Gasteiger partial charge in [0.15, 0.2) is 5.69 Å². The number of piperazine rings is 1. The second kappa shape index (κ2) is 6.22. The fraction of sp³-hybridized carbons (Fsp3) is 0.643. The zero-order chi connectivity index (χ0) is 16.4. The van der Waals surface area contributed by atoms with Gasteiger partial charge in [-0.2, -0.15) is 5.26 Å². The normalized spacial score (nSPS) is 21.5. The molecule has 1 spiro atoms. The Balaban J connectivity index is 1.72. The summed E-state index contributed by atoms with van der Waals surface area (Å²) in [6.45, 7) is 2.47. The zero-order valence-corrected chi connectivity index (χ0v) is 13.8. The predicted octanol–water partition coefficient (Wildman–Crippen LogP) is -0.190. The highest BCUT2D eigenvalue weighted by Gasteiger charge is 2.49. The number of rotatable bonds is 2. The van der Waals surface area contributed by atoms with Crippen molar-refractivity contribution in [3.63, 3.8) is 0 Å². The maximum Gasteiger partial charge on any atom is 0.275 e. The number of likely N-dealkylation sites (tertiary alicyclic amines) is 1. The van der Waals surface area contributed by atoms with Crippen molar-refractivity contribution in [2.24, 2.45) is 0 Å². The lowest BCUT2D eigenvalue weighted by atomic mass is 9.82. The zero-order valence-electron chi connectivity index (χ0n) is 12.9. The summed E-state index contributed by atoms with van der Waals surface area (Å²) in [5.41, 5.74) is -0.230. The van der Waals surface area contributed by atoms with E-state index in [1.807, 2.05) is 7.05 Å².